The van der Waals surface area contributed by atoms with E-state index in [0.29, 0.717) is 0 Å². The summed E-state index contributed by atoms with van der Waals surface area (Å²) in [7, 11) is 0. The first-order valence-corrected chi connectivity index (χ1v) is 21.7. The average molecular weight is 802 g/mol. The van der Waals surface area contributed by atoms with E-state index in [1.165, 1.54) is 77.2 Å². The SMILES string of the molecule is c1ccc(-c2ccc(-c3ccc(N(c4ccccc4)c4ccccc4-c4ccc5c(c4)c(-c4ccccc4)c(-c4ccccc4)c4ccccc45)cc3)cc2-c2ccccc2)cc1. The van der Waals surface area contributed by atoms with Gasteiger partial charge in [0.15, 0.2) is 0 Å². The number of fused-ring (bicyclic) bond motifs is 3. The molecule has 296 valence electrons. The van der Waals surface area contributed by atoms with Crippen LogP contribution in [0.2, 0.25) is 0 Å². The Morgan fingerprint density at radius 2 is 0.651 bits per heavy atom. The lowest BCUT2D eigenvalue weighted by atomic mass is 9.84. The quantitative estimate of drug-likeness (QED) is 0.131. The fourth-order valence-corrected chi connectivity index (χ4v) is 9.34. The number of rotatable bonds is 9. The van der Waals surface area contributed by atoms with Gasteiger partial charge in [-0.1, -0.05) is 218 Å². The molecule has 1 heteroatoms. The molecule has 0 saturated carbocycles. The molecule has 0 radical (unpaired) electrons. The highest BCUT2D eigenvalue weighted by atomic mass is 15.1. The Hall–Kier alpha value is -8.26. The van der Waals surface area contributed by atoms with Crippen LogP contribution in [0.4, 0.5) is 17.1 Å². The molecule has 0 bridgehead atoms. The second-order valence-electron chi connectivity index (χ2n) is 16.0. The molecule has 0 fully saturated rings. The van der Waals surface area contributed by atoms with Gasteiger partial charge >= 0.3 is 0 Å². The molecule has 0 N–H and O–H groups in total. The summed E-state index contributed by atoms with van der Waals surface area (Å²) in [5.41, 5.74) is 17.7. The lowest BCUT2D eigenvalue weighted by molar-refractivity contribution is 1.28. The molecule has 0 aliphatic heterocycles. The van der Waals surface area contributed by atoms with Gasteiger partial charge in [-0.25, -0.2) is 0 Å². The molecule has 0 saturated heterocycles. The van der Waals surface area contributed by atoms with Crippen LogP contribution in [0.15, 0.2) is 261 Å². The highest BCUT2D eigenvalue weighted by molar-refractivity contribution is 6.22. The molecule has 0 aliphatic rings. The number of hydrogen-bond donors (Lipinski definition) is 0. The number of nitrogens with zero attached hydrogens (tertiary/aromatic N) is 1. The first kappa shape index (κ1) is 37.7. The topological polar surface area (TPSA) is 3.24 Å². The fourth-order valence-electron chi connectivity index (χ4n) is 9.34. The second-order valence-corrected chi connectivity index (χ2v) is 16.0. The molecule has 1 nitrogen and oxygen atoms in total. The van der Waals surface area contributed by atoms with Gasteiger partial charge in [0, 0.05) is 16.9 Å². The average Bonchev–Trinajstić information content (AvgIpc) is 3.37. The zero-order valence-electron chi connectivity index (χ0n) is 34.8. The van der Waals surface area contributed by atoms with Crippen LogP contribution in [-0.2, 0) is 0 Å². The molecular formula is C62H43N. The highest BCUT2D eigenvalue weighted by Gasteiger charge is 2.21. The number of anilines is 3. The smallest absolute Gasteiger partial charge is 0.0540 e. The molecule has 0 unspecified atom stereocenters. The van der Waals surface area contributed by atoms with E-state index in [1.54, 1.807) is 0 Å². The van der Waals surface area contributed by atoms with Crippen LogP contribution >= 0.6 is 0 Å². The molecule has 0 aliphatic carbocycles. The lowest BCUT2D eigenvalue weighted by Crippen LogP contribution is -2.11. The Kier molecular flexibility index (Phi) is 9.97. The van der Waals surface area contributed by atoms with Crippen molar-refractivity contribution >= 4 is 38.6 Å². The monoisotopic (exact) mass is 801 g/mol. The molecule has 0 amide bonds. The molecule has 0 atom stereocenters. The van der Waals surface area contributed by atoms with E-state index < -0.39 is 0 Å². The maximum atomic E-state index is 2.42. The zero-order valence-corrected chi connectivity index (χ0v) is 34.8. The fraction of sp³-hybridized carbons (Fsp3) is 0. The number of para-hydroxylation sites is 2. The van der Waals surface area contributed by atoms with Gasteiger partial charge in [-0.3, -0.25) is 0 Å². The van der Waals surface area contributed by atoms with Gasteiger partial charge in [0.25, 0.3) is 0 Å². The van der Waals surface area contributed by atoms with Crippen molar-refractivity contribution in [1.29, 1.82) is 0 Å². The summed E-state index contributed by atoms with van der Waals surface area (Å²) in [5.74, 6) is 0. The van der Waals surface area contributed by atoms with E-state index in [1.807, 2.05) is 0 Å². The number of benzene rings is 11. The van der Waals surface area contributed by atoms with Crippen molar-refractivity contribution in [2.75, 3.05) is 4.90 Å². The summed E-state index contributed by atoms with van der Waals surface area (Å²) in [4.78, 5) is 2.39. The summed E-state index contributed by atoms with van der Waals surface area (Å²) in [6, 6.07) is 94.6. The largest absolute Gasteiger partial charge is 0.310 e. The maximum Gasteiger partial charge on any atom is 0.0540 e. The van der Waals surface area contributed by atoms with Crippen molar-refractivity contribution in [3.05, 3.63) is 261 Å². The summed E-state index contributed by atoms with van der Waals surface area (Å²) in [6.07, 6.45) is 0. The van der Waals surface area contributed by atoms with E-state index in [4.69, 9.17) is 0 Å². The molecule has 11 aromatic rings. The van der Waals surface area contributed by atoms with Crippen LogP contribution in [0.3, 0.4) is 0 Å². The third-order valence-corrected chi connectivity index (χ3v) is 12.3. The molecule has 63 heavy (non-hydrogen) atoms. The van der Waals surface area contributed by atoms with Gasteiger partial charge in [-0.2, -0.15) is 0 Å². The lowest BCUT2D eigenvalue weighted by Gasteiger charge is -2.28. The third-order valence-electron chi connectivity index (χ3n) is 12.3. The summed E-state index contributed by atoms with van der Waals surface area (Å²) >= 11 is 0. The number of hydrogen-bond acceptors (Lipinski definition) is 1. The normalized spacial score (nSPS) is 11.2. The van der Waals surface area contributed by atoms with Crippen LogP contribution in [0, 0.1) is 0 Å². The summed E-state index contributed by atoms with van der Waals surface area (Å²) in [6.45, 7) is 0. The van der Waals surface area contributed by atoms with Gasteiger partial charge in [0.1, 0.15) is 0 Å². The molecular weight excluding hydrogens is 759 g/mol. The minimum atomic E-state index is 1.09. The molecule has 0 spiro atoms. The molecule has 11 aromatic carbocycles. The summed E-state index contributed by atoms with van der Waals surface area (Å²) in [5, 5.41) is 4.98. The Bertz CT molecular complexity index is 3340. The Morgan fingerprint density at radius 3 is 1.29 bits per heavy atom. The van der Waals surface area contributed by atoms with Gasteiger partial charge in [-0.15, -0.1) is 0 Å². The van der Waals surface area contributed by atoms with Crippen LogP contribution in [0.1, 0.15) is 0 Å². The van der Waals surface area contributed by atoms with Crippen LogP contribution in [0.25, 0.3) is 88.3 Å². The second kappa shape index (κ2) is 16.7. The van der Waals surface area contributed by atoms with Gasteiger partial charge in [-0.05, 0) is 125 Å². The van der Waals surface area contributed by atoms with Gasteiger partial charge in [0.05, 0.1) is 5.69 Å². The standard InChI is InChI=1S/C62H43N/c1-6-20-45(21-7-1)53-40-36-49(42-58(53)46-22-8-2-9-23-46)44-34-38-52(39-35-44)63(51-28-14-5-15-29-51)60-33-19-18-30-54(60)50-37-41-56-55-31-16-17-32-57(55)61(47-24-10-3-11-25-47)62(59(56)43-50)48-26-12-4-13-27-48/h1-43H. The first-order valence-electron chi connectivity index (χ1n) is 21.7. The van der Waals surface area contributed by atoms with Crippen molar-refractivity contribution < 1.29 is 0 Å². The predicted molar refractivity (Wildman–Crippen MR) is 269 cm³/mol. The predicted octanol–water partition coefficient (Wildman–Crippen LogP) is 17.5. The Balaban J connectivity index is 1.06. The minimum Gasteiger partial charge on any atom is -0.310 e. The molecule has 0 heterocycles. The Morgan fingerprint density at radius 1 is 0.206 bits per heavy atom. The van der Waals surface area contributed by atoms with Crippen molar-refractivity contribution in [3.63, 3.8) is 0 Å². The minimum absolute atomic E-state index is 1.09. The molecule has 0 aromatic heterocycles. The van der Waals surface area contributed by atoms with Crippen LogP contribution in [-0.4, -0.2) is 0 Å². The molecule has 11 rings (SSSR count). The van der Waals surface area contributed by atoms with E-state index in [2.05, 4.69) is 266 Å². The van der Waals surface area contributed by atoms with E-state index in [9.17, 15) is 0 Å². The van der Waals surface area contributed by atoms with Gasteiger partial charge < -0.3 is 4.90 Å². The van der Waals surface area contributed by atoms with Crippen molar-refractivity contribution in [2.45, 2.75) is 0 Å². The third kappa shape index (κ3) is 7.16. The van der Waals surface area contributed by atoms with E-state index >= 15 is 0 Å². The van der Waals surface area contributed by atoms with E-state index in [-0.39, 0.29) is 0 Å². The van der Waals surface area contributed by atoms with Crippen molar-refractivity contribution in [1.82, 2.24) is 0 Å². The van der Waals surface area contributed by atoms with Crippen LogP contribution in [0.5, 0.6) is 0 Å². The van der Waals surface area contributed by atoms with Crippen LogP contribution < -0.4 is 4.90 Å². The zero-order chi connectivity index (χ0) is 42.0. The Labute approximate surface area is 369 Å². The summed E-state index contributed by atoms with van der Waals surface area (Å²) < 4.78 is 0. The van der Waals surface area contributed by atoms with Crippen molar-refractivity contribution in [3.8, 4) is 66.8 Å². The van der Waals surface area contributed by atoms with Gasteiger partial charge in [0.2, 0.25) is 0 Å². The van der Waals surface area contributed by atoms with E-state index in [0.717, 1.165) is 28.2 Å². The van der Waals surface area contributed by atoms with Crippen molar-refractivity contribution in [2.24, 2.45) is 0 Å². The maximum absolute atomic E-state index is 2.42. The highest BCUT2D eigenvalue weighted by Crippen LogP contribution is 2.47. The first-order chi connectivity index (χ1) is 31.3.